The molecule has 2 atom stereocenters. The highest BCUT2D eigenvalue weighted by molar-refractivity contribution is 8.76. The van der Waals surface area contributed by atoms with Crippen molar-refractivity contribution in [2.45, 2.75) is 91.9 Å². The van der Waals surface area contributed by atoms with Gasteiger partial charge in [-0.25, -0.2) is 14.4 Å². The van der Waals surface area contributed by atoms with Crippen LogP contribution < -0.4 is 10.6 Å². The van der Waals surface area contributed by atoms with Gasteiger partial charge in [-0.05, 0) is 44.4 Å². The maximum absolute atomic E-state index is 12.4. The van der Waals surface area contributed by atoms with E-state index in [1.807, 2.05) is 20.8 Å². The molecule has 14 heteroatoms. The Labute approximate surface area is 289 Å². The van der Waals surface area contributed by atoms with Crippen LogP contribution in [0.5, 0.6) is 0 Å². The van der Waals surface area contributed by atoms with Gasteiger partial charge in [0.05, 0.1) is 6.61 Å². The summed E-state index contributed by atoms with van der Waals surface area (Å²) in [5.41, 5.74) is -0.446. The Hall–Kier alpha value is -2.35. The first-order valence-corrected chi connectivity index (χ1v) is 19.8. The van der Waals surface area contributed by atoms with Gasteiger partial charge in [0.15, 0.2) is 0 Å². The number of Topliss-reactive ketones (excluding diaryl/α,β-unsaturated/α-hetero) is 1. The summed E-state index contributed by atoms with van der Waals surface area (Å²) in [4.78, 5) is 64.1. The quantitative estimate of drug-likeness (QED) is 0.121. The zero-order chi connectivity index (χ0) is 34.5. The van der Waals surface area contributed by atoms with Gasteiger partial charge in [-0.1, -0.05) is 68.0 Å². The molecule has 2 fully saturated rings. The number of nitrogens with zero attached hydrogens (tertiary/aromatic N) is 2. The Bertz CT molecular complexity index is 973. The lowest BCUT2D eigenvalue weighted by atomic mass is 9.88. The molecule has 2 aliphatic rings. The molecule has 2 unspecified atom stereocenters. The van der Waals surface area contributed by atoms with Crippen LogP contribution in [-0.4, -0.2) is 110 Å². The van der Waals surface area contributed by atoms with Crippen molar-refractivity contribution in [2.75, 3.05) is 70.6 Å². The molecule has 0 aromatic rings. The minimum Gasteiger partial charge on any atom is -0.450 e. The van der Waals surface area contributed by atoms with E-state index in [2.05, 4.69) is 10.6 Å². The average Bonchev–Trinajstić information content (AvgIpc) is 3.05. The normalized spacial score (nSPS) is 19.3. The average molecular weight is 703 g/mol. The van der Waals surface area contributed by atoms with E-state index >= 15 is 0 Å². The molecule has 12 nitrogen and oxygen atoms in total. The molecule has 1 saturated carbocycles. The third-order valence-corrected chi connectivity index (χ3v) is 10.8. The van der Waals surface area contributed by atoms with Gasteiger partial charge in [0, 0.05) is 69.0 Å². The highest BCUT2D eigenvalue weighted by Gasteiger charge is 2.27. The predicted octanol–water partition coefficient (Wildman–Crippen LogP) is 5.88. The maximum Gasteiger partial charge on any atom is 0.409 e. The summed E-state index contributed by atoms with van der Waals surface area (Å²) in [6, 6.07) is 0. The summed E-state index contributed by atoms with van der Waals surface area (Å²) in [5.74, 6) is 2.15. The largest absolute Gasteiger partial charge is 0.450 e. The molecule has 0 spiro atoms. The Balaban J connectivity index is 1.48. The van der Waals surface area contributed by atoms with Crippen molar-refractivity contribution in [3.8, 4) is 0 Å². The number of carbonyl (C=O) groups excluding carboxylic acids is 5. The predicted molar refractivity (Wildman–Crippen MR) is 186 cm³/mol. The van der Waals surface area contributed by atoms with Crippen LogP contribution in [0.15, 0.2) is 0 Å². The van der Waals surface area contributed by atoms with Gasteiger partial charge in [-0.3, -0.25) is 9.59 Å². The first-order valence-electron chi connectivity index (χ1n) is 17.3. The molecule has 1 heterocycles. The fourth-order valence-electron chi connectivity index (χ4n) is 5.56. The summed E-state index contributed by atoms with van der Waals surface area (Å²) in [6.07, 6.45) is 8.17. The molecule has 4 amide bonds. The smallest absolute Gasteiger partial charge is 0.409 e. The van der Waals surface area contributed by atoms with Crippen LogP contribution in [0.3, 0.4) is 0 Å². The van der Waals surface area contributed by atoms with Crippen LogP contribution in [0.25, 0.3) is 0 Å². The minimum atomic E-state index is -0.446. The van der Waals surface area contributed by atoms with E-state index in [4.69, 9.17) is 14.2 Å². The molecule has 0 radical (unpaired) electrons. The molecule has 2 N–H and O–H groups in total. The topological polar surface area (TPSA) is 144 Å². The van der Waals surface area contributed by atoms with Crippen LogP contribution in [0.4, 0.5) is 14.4 Å². The SMILES string of the molecule is CCOC(=O)NCC1CCCCCC(CNC(=O)OCCSSCCOC(=O)N2CCN(C(=O)CCC(=O)C(C)(C)C)CC2)CCC1. The van der Waals surface area contributed by atoms with Gasteiger partial charge in [-0.2, -0.15) is 0 Å². The third kappa shape index (κ3) is 18.1. The zero-order valence-corrected chi connectivity index (χ0v) is 30.6. The van der Waals surface area contributed by atoms with E-state index in [0.717, 1.165) is 51.4 Å². The fraction of sp³-hybridized carbons (Fsp3) is 0.848. The maximum atomic E-state index is 12.4. The molecular weight excluding hydrogens is 645 g/mol. The van der Waals surface area contributed by atoms with E-state index in [1.54, 1.807) is 38.3 Å². The molecule has 2 rings (SSSR count). The number of hydrogen-bond acceptors (Lipinski definition) is 10. The van der Waals surface area contributed by atoms with E-state index in [0.29, 0.717) is 75.8 Å². The van der Waals surface area contributed by atoms with Gasteiger partial charge in [0.2, 0.25) is 5.91 Å². The first-order chi connectivity index (χ1) is 22.5. The van der Waals surface area contributed by atoms with Gasteiger partial charge in [0.25, 0.3) is 0 Å². The number of nitrogens with one attached hydrogen (secondary N) is 2. The second-order valence-corrected chi connectivity index (χ2v) is 15.9. The van der Waals surface area contributed by atoms with Crippen LogP contribution in [0.1, 0.15) is 91.9 Å². The highest BCUT2D eigenvalue weighted by atomic mass is 33.1. The van der Waals surface area contributed by atoms with Crippen LogP contribution >= 0.6 is 21.6 Å². The lowest BCUT2D eigenvalue weighted by Gasteiger charge is -2.34. The number of carbonyl (C=O) groups is 5. The van der Waals surface area contributed by atoms with Crippen molar-refractivity contribution >= 4 is 51.6 Å². The third-order valence-electron chi connectivity index (χ3n) is 8.46. The highest BCUT2D eigenvalue weighted by Crippen LogP contribution is 2.25. The van der Waals surface area contributed by atoms with Gasteiger partial charge in [-0.15, -0.1) is 0 Å². The molecule has 1 saturated heterocycles. The van der Waals surface area contributed by atoms with E-state index in [9.17, 15) is 24.0 Å². The van der Waals surface area contributed by atoms with Crippen molar-refractivity contribution < 1.29 is 38.2 Å². The minimum absolute atomic E-state index is 0.0521. The van der Waals surface area contributed by atoms with Crippen LogP contribution in [0.2, 0.25) is 0 Å². The molecule has 270 valence electrons. The first kappa shape index (κ1) is 40.8. The van der Waals surface area contributed by atoms with Crippen LogP contribution in [-0.2, 0) is 23.8 Å². The number of rotatable bonds is 15. The Morgan fingerprint density at radius 2 is 1.19 bits per heavy atom. The van der Waals surface area contributed by atoms with Crippen molar-refractivity contribution in [1.82, 2.24) is 20.4 Å². The zero-order valence-electron chi connectivity index (χ0n) is 29.0. The van der Waals surface area contributed by atoms with Crippen molar-refractivity contribution in [3.05, 3.63) is 0 Å². The Morgan fingerprint density at radius 3 is 1.74 bits per heavy atom. The van der Waals surface area contributed by atoms with Gasteiger partial charge in [0.1, 0.15) is 19.0 Å². The molecule has 47 heavy (non-hydrogen) atoms. The number of piperazine rings is 1. The van der Waals surface area contributed by atoms with Gasteiger partial charge >= 0.3 is 18.3 Å². The molecule has 0 bridgehead atoms. The standard InChI is InChI=1S/C33H58N4O8S2/c1-5-43-30(40)34-24-26-10-7-6-8-11-27(13-9-12-26)25-35-31(41)44-20-22-46-47-23-21-45-32(42)37-18-16-36(17-19-37)29(39)15-14-28(38)33(2,3)4/h26-27H,5-25H2,1-4H3,(H,34,40)(H,35,41). The van der Waals surface area contributed by atoms with E-state index in [-0.39, 0.29) is 43.3 Å². The van der Waals surface area contributed by atoms with Crippen molar-refractivity contribution in [1.29, 1.82) is 0 Å². The number of ketones is 1. The fourth-order valence-corrected chi connectivity index (χ4v) is 7.21. The summed E-state index contributed by atoms with van der Waals surface area (Å²) >= 11 is 0. The van der Waals surface area contributed by atoms with Gasteiger partial charge < -0.3 is 34.6 Å². The lowest BCUT2D eigenvalue weighted by Crippen LogP contribution is -2.50. The van der Waals surface area contributed by atoms with Crippen LogP contribution in [0, 0.1) is 17.3 Å². The molecule has 0 aromatic carbocycles. The van der Waals surface area contributed by atoms with E-state index in [1.165, 1.54) is 0 Å². The molecular formula is C33H58N4O8S2. The second-order valence-electron chi connectivity index (χ2n) is 13.2. The monoisotopic (exact) mass is 702 g/mol. The number of alkyl carbamates (subject to hydrolysis) is 2. The van der Waals surface area contributed by atoms with Crippen molar-refractivity contribution in [3.63, 3.8) is 0 Å². The van der Waals surface area contributed by atoms with Crippen molar-refractivity contribution in [2.24, 2.45) is 17.3 Å². The molecule has 0 aromatic heterocycles. The van der Waals surface area contributed by atoms with E-state index < -0.39 is 11.5 Å². The molecule has 1 aliphatic heterocycles. The second kappa shape index (κ2) is 23.1. The number of hydrogen-bond donors (Lipinski definition) is 2. The molecule has 1 aliphatic carbocycles. The summed E-state index contributed by atoms with van der Waals surface area (Å²) in [7, 11) is 3.12. The lowest BCUT2D eigenvalue weighted by molar-refractivity contribution is -0.136. The summed E-state index contributed by atoms with van der Waals surface area (Å²) < 4.78 is 15.7. The number of amides is 4. The summed E-state index contributed by atoms with van der Waals surface area (Å²) in [5, 5.41) is 5.81. The Morgan fingerprint density at radius 1 is 0.681 bits per heavy atom. The Kier molecular flexibility index (Phi) is 20.0. The summed E-state index contributed by atoms with van der Waals surface area (Å²) in [6.45, 7) is 11.3. The number of ether oxygens (including phenoxy) is 3.